The van der Waals surface area contributed by atoms with Gasteiger partial charge in [-0.05, 0) is 70.8 Å². The highest BCUT2D eigenvalue weighted by atomic mass is 16.5. The lowest BCUT2D eigenvalue weighted by atomic mass is 10.2. The maximum atomic E-state index is 11.8. The molecule has 0 aromatic carbocycles. The number of carbonyl (C=O) groups is 7. The first-order valence-corrected chi connectivity index (χ1v) is 19.0. The molecule has 0 rings (SSSR count). The summed E-state index contributed by atoms with van der Waals surface area (Å²) >= 11 is 0. The molecule has 0 aliphatic rings. The average Bonchev–Trinajstić information content (AvgIpc) is 3.14. The topological polar surface area (TPSA) is 275 Å². The molecule has 19 heteroatoms. The second-order valence-corrected chi connectivity index (χ2v) is 12.8. The third-order valence-electron chi connectivity index (χ3n) is 7.85. The SMILES string of the molecule is CC(=O)N(O)CCCCCNC(=O)CCC(=O)N(O)CCCCCNC(=O)CCC=O.CN(O)CCCCCNC(=O)CCC(=O)N(O)CCCCCN. The standard InChI is InChI=1S/C20H36N4O7.C15H32N4O4/c1-17(26)23(30)14-6-2-4-13-22-19(28)10-11-20(29)24(31)15-7-3-5-12-21-18(27)9-8-16-25;1-18(22)12-6-3-5-11-17-14(20)8-9-15(21)19(23)13-7-2-4-10-16/h16,30-31H,2-15H2,1H3,(H,21,27)(H,22,28);22-23H,2-13,16H2,1H3,(H,17,20). The molecule has 314 valence electrons. The summed E-state index contributed by atoms with van der Waals surface area (Å²) < 4.78 is 0. The lowest BCUT2D eigenvalue weighted by molar-refractivity contribution is -0.166. The number of hydroxylamine groups is 8. The van der Waals surface area contributed by atoms with Crippen LogP contribution in [0.3, 0.4) is 0 Å². The fraction of sp³-hybridized carbons (Fsp3) is 0.800. The Hall–Kier alpha value is -3.75. The van der Waals surface area contributed by atoms with Crippen LogP contribution in [-0.4, -0.2) is 142 Å². The Morgan fingerprint density at radius 1 is 0.519 bits per heavy atom. The number of nitrogens with two attached hydrogens (primary N) is 1. The first-order chi connectivity index (χ1) is 25.7. The molecule has 0 radical (unpaired) electrons. The van der Waals surface area contributed by atoms with Crippen molar-refractivity contribution >= 4 is 41.7 Å². The minimum Gasteiger partial charge on any atom is -0.356 e. The zero-order valence-electron chi connectivity index (χ0n) is 32.5. The predicted molar refractivity (Wildman–Crippen MR) is 198 cm³/mol. The smallest absolute Gasteiger partial charge is 0.246 e. The van der Waals surface area contributed by atoms with E-state index in [1.165, 1.54) is 6.92 Å². The summed E-state index contributed by atoms with van der Waals surface area (Å²) in [4.78, 5) is 79.1. The van der Waals surface area contributed by atoms with Crippen molar-refractivity contribution in [2.24, 2.45) is 5.73 Å². The van der Waals surface area contributed by atoms with E-state index in [1.807, 2.05) is 0 Å². The Balaban J connectivity index is 0. The van der Waals surface area contributed by atoms with Crippen molar-refractivity contribution in [1.29, 1.82) is 0 Å². The van der Waals surface area contributed by atoms with Crippen LogP contribution in [0.2, 0.25) is 0 Å². The molecule has 0 unspecified atom stereocenters. The molecule has 6 amide bonds. The van der Waals surface area contributed by atoms with Crippen molar-refractivity contribution in [1.82, 2.24) is 36.2 Å². The van der Waals surface area contributed by atoms with Gasteiger partial charge in [-0.1, -0.05) is 12.8 Å². The summed E-state index contributed by atoms with van der Waals surface area (Å²) in [5.41, 5.74) is 5.37. The van der Waals surface area contributed by atoms with Crippen molar-refractivity contribution < 1.29 is 54.4 Å². The van der Waals surface area contributed by atoms with Gasteiger partial charge in [0.2, 0.25) is 35.4 Å². The number of unbranched alkanes of at least 4 members (excludes halogenated alkanes) is 8. The van der Waals surface area contributed by atoms with E-state index in [4.69, 9.17) is 10.9 Å². The second kappa shape index (κ2) is 36.2. The molecule has 0 heterocycles. The Morgan fingerprint density at radius 3 is 1.26 bits per heavy atom. The van der Waals surface area contributed by atoms with Gasteiger partial charge in [0.05, 0.1) is 0 Å². The Morgan fingerprint density at radius 2 is 0.889 bits per heavy atom. The Labute approximate surface area is 319 Å². The molecule has 0 fully saturated rings. The molecule has 0 aromatic heterocycles. The number of carbonyl (C=O) groups excluding carboxylic acids is 7. The fourth-order valence-corrected chi connectivity index (χ4v) is 4.60. The van der Waals surface area contributed by atoms with Gasteiger partial charge in [-0.3, -0.25) is 44.4 Å². The minimum atomic E-state index is -0.524. The van der Waals surface area contributed by atoms with Crippen LogP contribution in [0, 0.1) is 0 Å². The lowest BCUT2D eigenvalue weighted by Gasteiger charge is -2.15. The molecular formula is C35H68N8O11. The average molecular weight is 777 g/mol. The largest absolute Gasteiger partial charge is 0.356 e. The molecule has 0 spiro atoms. The van der Waals surface area contributed by atoms with E-state index in [2.05, 4.69) is 16.0 Å². The number of nitrogens with one attached hydrogen (secondary N) is 3. The predicted octanol–water partition coefficient (Wildman–Crippen LogP) is 1.50. The monoisotopic (exact) mass is 777 g/mol. The van der Waals surface area contributed by atoms with Crippen LogP contribution >= 0.6 is 0 Å². The van der Waals surface area contributed by atoms with Crippen LogP contribution in [0.25, 0.3) is 0 Å². The second-order valence-electron chi connectivity index (χ2n) is 12.8. The third-order valence-corrected chi connectivity index (χ3v) is 7.85. The number of amides is 6. The van der Waals surface area contributed by atoms with E-state index in [0.29, 0.717) is 92.7 Å². The van der Waals surface area contributed by atoms with E-state index in [0.717, 1.165) is 43.6 Å². The van der Waals surface area contributed by atoms with Gasteiger partial charge in [-0.25, -0.2) is 15.2 Å². The number of rotatable bonds is 32. The zero-order chi connectivity index (χ0) is 41.0. The molecule has 19 nitrogen and oxygen atoms in total. The molecule has 0 saturated carbocycles. The highest BCUT2D eigenvalue weighted by Gasteiger charge is 2.14. The number of nitrogens with zero attached hydrogens (tertiary/aromatic N) is 4. The fourth-order valence-electron chi connectivity index (χ4n) is 4.60. The normalized spacial score (nSPS) is 10.5. The first kappa shape index (κ1) is 52.4. The number of hydrogen-bond donors (Lipinski definition) is 8. The van der Waals surface area contributed by atoms with Gasteiger partial charge < -0.3 is 31.7 Å². The lowest BCUT2D eigenvalue weighted by Crippen LogP contribution is -2.31. The van der Waals surface area contributed by atoms with E-state index < -0.39 is 17.7 Å². The summed E-state index contributed by atoms with van der Waals surface area (Å²) in [5, 5.41) is 48.6. The molecule has 54 heavy (non-hydrogen) atoms. The summed E-state index contributed by atoms with van der Waals surface area (Å²) in [5.74, 6) is -2.00. The van der Waals surface area contributed by atoms with Gasteiger partial charge in [0.15, 0.2) is 0 Å². The molecule has 0 aliphatic carbocycles. The summed E-state index contributed by atoms with van der Waals surface area (Å²) in [6, 6.07) is 0. The Kier molecular flexibility index (Phi) is 35.1. The summed E-state index contributed by atoms with van der Waals surface area (Å²) in [6.07, 6.45) is 10.1. The summed E-state index contributed by atoms with van der Waals surface area (Å²) in [6.45, 7) is 4.65. The van der Waals surface area contributed by atoms with E-state index in [1.54, 1.807) is 7.05 Å². The van der Waals surface area contributed by atoms with Crippen LogP contribution in [0.15, 0.2) is 0 Å². The van der Waals surface area contributed by atoms with Gasteiger partial charge in [0.1, 0.15) is 6.29 Å². The van der Waals surface area contributed by atoms with Crippen molar-refractivity contribution in [3.8, 4) is 0 Å². The third kappa shape index (κ3) is 35.3. The van der Waals surface area contributed by atoms with Crippen molar-refractivity contribution in [2.75, 3.05) is 59.4 Å². The number of hydrogen-bond acceptors (Lipinski definition) is 13. The summed E-state index contributed by atoms with van der Waals surface area (Å²) in [7, 11) is 1.60. The highest BCUT2D eigenvalue weighted by molar-refractivity contribution is 5.83. The molecule has 0 saturated heterocycles. The zero-order valence-corrected chi connectivity index (χ0v) is 32.5. The highest BCUT2D eigenvalue weighted by Crippen LogP contribution is 2.03. The molecular weight excluding hydrogens is 708 g/mol. The van der Waals surface area contributed by atoms with Gasteiger partial charge in [0, 0.05) is 98.3 Å². The maximum absolute atomic E-state index is 11.8. The van der Waals surface area contributed by atoms with Crippen LogP contribution in [0.4, 0.5) is 0 Å². The molecule has 0 bridgehead atoms. The van der Waals surface area contributed by atoms with Gasteiger partial charge in [-0.15, -0.1) is 0 Å². The molecule has 0 aliphatic heterocycles. The van der Waals surface area contributed by atoms with Crippen LogP contribution in [-0.2, 0) is 33.6 Å². The van der Waals surface area contributed by atoms with Crippen LogP contribution < -0.4 is 21.7 Å². The van der Waals surface area contributed by atoms with Crippen molar-refractivity contribution in [3.05, 3.63) is 0 Å². The maximum Gasteiger partial charge on any atom is 0.246 e. The number of aldehydes is 1. The molecule has 9 N–H and O–H groups in total. The van der Waals surface area contributed by atoms with E-state index >= 15 is 0 Å². The molecule has 0 atom stereocenters. The van der Waals surface area contributed by atoms with Gasteiger partial charge >= 0.3 is 0 Å². The first-order valence-electron chi connectivity index (χ1n) is 19.0. The van der Waals surface area contributed by atoms with Crippen LogP contribution in [0.1, 0.15) is 122 Å². The van der Waals surface area contributed by atoms with E-state index in [9.17, 15) is 49.2 Å². The minimum absolute atomic E-state index is 0.00846. The van der Waals surface area contributed by atoms with Gasteiger partial charge in [0.25, 0.3) is 0 Å². The van der Waals surface area contributed by atoms with Gasteiger partial charge in [-0.2, -0.15) is 5.06 Å². The van der Waals surface area contributed by atoms with Crippen molar-refractivity contribution in [3.63, 3.8) is 0 Å². The Bertz CT molecular complexity index is 1050. The van der Waals surface area contributed by atoms with E-state index in [-0.39, 0.29) is 75.9 Å². The van der Waals surface area contributed by atoms with Crippen LogP contribution in [0.5, 0.6) is 0 Å². The quantitative estimate of drug-likeness (QED) is 0.0208. The van der Waals surface area contributed by atoms with Crippen molar-refractivity contribution in [2.45, 2.75) is 122 Å². The molecule has 0 aromatic rings.